The Balaban J connectivity index is 2.88. The van der Waals surface area contributed by atoms with Gasteiger partial charge in [0.05, 0.1) is 23.9 Å². The van der Waals surface area contributed by atoms with Crippen LogP contribution in [0.5, 0.6) is 0 Å². The van der Waals surface area contributed by atoms with Gasteiger partial charge in [0, 0.05) is 7.11 Å². The summed E-state index contributed by atoms with van der Waals surface area (Å²) < 4.78 is 5.45. The van der Waals surface area contributed by atoms with Crippen LogP contribution in [-0.4, -0.2) is 41.8 Å². The summed E-state index contributed by atoms with van der Waals surface area (Å²) in [5, 5.41) is 3.49. The van der Waals surface area contributed by atoms with Gasteiger partial charge >= 0.3 is 0 Å². The van der Waals surface area contributed by atoms with Gasteiger partial charge in [0.1, 0.15) is 0 Å². The number of nitrogens with one attached hydrogen (secondary N) is 1. The topological polar surface area (TPSA) is 41.6 Å². The first-order valence-electron chi connectivity index (χ1n) is 6.93. The van der Waals surface area contributed by atoms with Crippen molar-refractivity contribution in [1.82, 2.24) is 10.2 Å². The van der Waals surface area contributed by atoms with Gasteiger partial charge in [0.25, 0.3) is 0 Å². The Morgan fingerprint density at radius 3 is 2.50 bits per heavy atom. The van der Waals surface area contributed by atoms with Gasteiger partial charge in [0.15, 0.2) is 0 Å². The lowest BCUT2D eigenvalue weighted by Gasteiger charge is -2.32. The highest BCUT2D eigenvalue weighted by molar-refractivity contribution is 5.88. The van der Waals surface area contributed by atoms with Crippen LogP contribution in [0.2, 0.25) is 0 Å². The number of ether oxygens (including phenoxy) is 1. The first kappa shape index (κ1) is 15.4. The van der Waals surface area contributed by atoms with E-state index >= 15 is 0 Å². The molecule has 0 aliphatic carbocycles. The maximum atomic E-state index is 12.5. The molecule has 0 bridgehead atoms. The molecule has 2 unspecified atom stereocenters. The molecule has 0 aromatic rings. The zero-order valence-corrected chi connectivity index (χ0v) is 12.7. The fraction of sp³-hybridized carbons (Fsp3) is 0.929. The Hall–Kier alpha value is -0.610. The highest BCUT2D eigenvalue weighted by atomic mass is 16.5. The summed E-state index contributed by atoms with van der Waals surface area (Å²) >= 11 is 0. The zero-order chi connectivity index (χ0) is 14.0. The summed E-state index contributed by atoms with van der Waals surface area (Å²) in [6.45, 7) is 10.9. The predicted molar refractivity (Wildman–Crippen MR) is 73.3 cm³/mol. The highest BCUT2D eigenvalue weighted by Gasteiger charge is 2.47. The quantitative estimate of drug-likeness (QED) is 0.791. The summed E-state index contributed by atoms with van der Waals surface area (Å²) in [7, 11) is 1.70. The number of carbonyl (C=O) groups excluding carboxylic acids is 1. The molecular formula is C14H28N2O2. The molecule has 4 nitrogen and oxygen atoms in total. The third-order valence-corrected chi connectivity index (χ3v) is 3.97. The molecule has 1 saturated heterocycles. The normalized spacial score (nSPS) is 29.1. The molecule has 106 valence electrons. The molecule has 0 aromatic carbocycles. The van der Waals surface area contributed by atoms with Crippen molar-refractivity contribution >= 4 is 5.91 Å². The highest BCUT2D eigenvalue weighted by Crippen LogP contribution is 2.27. The molecule has 0 saturated carbocycles. The maximum absolute atomic E-state index is 12.5. The van der Waals surface area contributed by atoms with E-state index in [1.807, 2.05) is 25.7 Å². The molecule has 0 radical (unpaired) electrons. The third-order valence-electron chi connectivity index (χ3n) is 3.97. The summed E-state index contributed by atoms with van der Waals surface area (Å²) in [5.74, 6) is 0.202. The summed E-state index contributed by atoms with van der Waals surface area (Å²) in [6, 6.07) is 0. The zero-order valence-electron chi connectivity index (χ0n) is 12.7. The van der Waals surface area contributed by atoms with Crippen LogP contribution in [0.1, 0.15) is 53.9 Å². The van der Waals surface area contributed by atoms with E-state index in [0.29, 0.717) is 6.54 Å². The number of hydrogen-bond donors (Lipinski definition) is 1. The fourth-order valence-corrected chi connectivity index (χ4v) is 2.38. The average Bonchev–Trinajstić information content (AvgIpc) is 2.55. The predicted octanol–water partition coefficient (Wildman–Crippen LogP) is 2.14. The van der Waals surface area contributed by atoms with Crippen molar-refractivity contribution in [3.05, 3.63) is 0 Å². The minimum absolute atomic E-state index is 0.141. The van der Waals surface area contributed by atoms with Gasteiger partial charge in [-0.15, -0.1) is 0 Å². The second-order valence-corrected chi connectivity index (χ2v) is 6.03. The molecule has 0 aromatic heterocycles. The van der Waals surface area contributed by atoms with Gasteiger partial charge in [-0.2, -0.15) is 0 Å². The van der Waals surface area contributed by atoms with Crippen molar-refractivity contribution in [3.63, 3.8) is 0 Å². The van der Waals surface area contributed by atoms with Crippen molar-refractivity contribution in [2.45, 2.75) is 71.2 Å². The van der Waals surface area contributed by atoms with Crippen LogP contribution < -0.4 is 5.32 Å². The molecule has 2 atom stereocenters. The van der Waals surface area contributed by atoms with E-state index in [4.69, 9.17) is 4.74 Å². The Bertz CT molecular complexity index is 304. The van der Waals surface area contributed by atoms with Crippen molar-refractivity contribution in [1.29, 1.82) is 0 Å². The smallest absolute Gasteiger partial charge is 0.243 e. The van der Waals surface area contributed by atoms with Crippen molar-refractivity contribution in [2.24, 2.45) is 0 Å². The van der Waals surface area contributed by atoms with Crippen LogP contribution in [0.3, 0.4) is 0 Å². The molecule has 0 spiro atoms. The minimum Gasteiger partial charge on any atom is -0.377 e. The Kier molecular flexibility index (Phi) is 4.78. The van der Waals surface area contributed by atoms with Crippen LogP contribution in [0.15, 0.2) is 0 Å². The van der Waals surface area contributed by atoms with Crippen LogP contribution in [0.25, 0.3) is 0 Å². The van der Waals surface area contributed by atoms with E-state index in [0.717, 1.165) is 19.3 Å². The van der Waals surface area contributed by atoms with E-state index in [-0.39, 0.29) is 17.7 Å². The van der Waals surface area contributed by atoms with Gasteiger partial charge in [-0.3, -0.25) is 10.1 Å². The lowest BCUT2D eigenvalue weighted by atomic mass is 9.99. The van der Waals surface area contributed by atoms with Gasteiger partial charge in [-0.25, -0.2) is 0 Å². The second-order valence-electron chi connectivity index (χ2n) is 6.03. The Labute approximate surface area is 111 Å². The van der Waals surface area contributed by atoms with Crippen molar-refractivity contribution < 1.29 is 9.53 Å². The maximum Gasteiger partial charge on any atom is 0.243 e. The molecule has 1 N–H and O–H groups in total. The number of methoxy groups -OCH3 is 1. The molecule has 1 amide bonds. The Morgan fingerprint density at radius 1 is 1.44 bits per heavy atom. The van der Waals surface area contributed by atoms with Gasteiger partial charge < -0.3 is 9.64 Å². The second kappa shape index (κ2) is 5.57. The third kappa shape index (κ3) is 3.04. The van der Waals surface area contributed by atoms with Gasteiger partial charge in [0.2, 0.25) is 5.91 Å². The molecule has 4 heteroatoms. The van der Waals surface area contributed by atoms with Crippen LogP contribution >= 0.6 is 0 Å². The standard InChI is InChI=1S/C14H28N2O2/c1-7-9-11-15-14(5,8-2)12(17)16(11)10-13(3,4)18-6/h11,15H,7-10H2,1-6H3. The monoisotopic (exact) mass is 256 g/mol. The lowest BCUT2D eigenvalue weighted by molar-refractivity contribution is -0.136. The largest absolute Gasteiger partial charge is 0.377 e. The Morgan fingerprint density at radius 2 is 2.06 bits per heavy atom. The lowest BCUT2D eigenvalue weighted by Crippen LogP contribution is -2.46. The number of nitrogens with zero attached hydrogens (tertiary/aromatic N) is 1. The van der Waals surface area contributed by atoms with E-state index < -0.39 is 5.54 Å². The average molecular weight is 256 g/mol. The number of hydrogen-bond acceptors (Lipinski definition) is 3. The van der Waals surface area contributed by atoms with E-state index in [9.17, 15) is 4.79 Å². The number of rotatable bonds is 6. The van der Waals surface area contributed by atoms with Crippen LogP contribution in [-0.2, 0) is 9.53 Å². The molecule has 1 heterocycles. The van der Waals surface area contributed by atoms with Crippen molar-refractivity contribution in [2.75, 3.05) is 13.7 Å². The molecule has 1 rings (SSSR count). The summed E-state index contributed by atoms with van der Waals surface area (Å²) in [5.41, 5.74) is -0.716. The fourth-order valence-electron chi connectivity index (χ4n) is 2.38. The number of amides is 1. The van der Waals surface area contributed by atoms with Gasteiger partial charge in [-0.05, 0) is 33.6 Å². The summed E-state index contributed by atoms with van der Waals surface area (Å²) in [4.78, 5) is 14.5. The molecule has 1 aliphatic rings. The van der Waals surface area contributed by atoms with E-state index in [1.165, 1.54) is 0 Å². The number of carbonyl (C=O) groups is 1. The van der Waals surface area contributed by atoms with E-state index in [1.54, 1.807) is 7.11 Å². The molecule has 1 aliphatic heterocycles. The summed E-state index contributed by atoms with van der Waals surface area (Å²) in [6.07, 6.45) is 3.01. The molecular weight excluding hydrogens is 228 g/mol. The first-order chi connectivity index (χ1) is 8.29. The van der Waals surface area contributed by atoms with Crippen molar-refractivity contribution in [3.8, 4) is 0 Å². The molecule has 1 fully saturated rings. The SMILES string of the molecule is CCCC1NC(C)(CC)C(=O)N1CC(C)(C)OC. The van der Waals surface area contributed by atoms with Crippen LogP contribution in [0, 0.1) is 0 Å². The first-order valence-corrected chi connectivity index (χ1v) is 6.93. The minimum atomic E-state index is -0.413. The van der Waals surface area contributed by atoms with Gasteiger partial charge in [-0.1, -0.05) is 20.3 Å². The van der Waals surface area contributed by atoms with E-state index in [2.05, 4.69) is 19.2 Å². The van der Waals surface area contributed by atoms with Crippen LogP contribution in [0.4, 0.5) is 0 Å². The molecule has 18 heavy (non-hydrogen) atoms.